The molecule has 1 heterocycles. The summed E-state index contributed by atoms with van der Waals surface area (Å²) < 4.78 is 5.02. The number of non-ortho nitro benzene ring substituents is 1. The lowest BCUT2D eigenvalue weighted by Gasteiger charge is -2.09. The fourth-order valence-corrected chi connectivity index (χ4v) is 2.64. The zero-order valence-electron chi connectivity index (χ0n) is 14.6. The van der Waals surface area contributed by atoms with Crippen LogP contribution in [0.5, 0.6) is 0 Å². The van der Waals surface area contributed by atoms with E-state index in [1.165, 1.54) is 24.3 Å². The second-order valence-electron chi connectivity index (χ2n) is 5.92. The Labute approximate surface area is 164 Å². The Morgan fingerprint density at radius 1 is 1.18 bits per heavy atom. The number of halogens is 1. The quantitative estimate of drug-likeness (QED) is 0.301. The van der Waals surface area contributed by atoms with Gasteiger partial charge in [0.25, 0.3) is 11.6 Å². The summed E-state index contributed by atoms with van der Waals surface area (Å²) in [5, 5.41) is 14.4. The topological polar surface area (TPSA) is 111 Å². The van der Waals surface area contributed by atoms with E-state index in [9.17, 15) is 19.7 Å². The van der Waals surface area contributed by atoms with Gasteiger partial charge in [0.15, 0.2) is 6.61 Å². The molecule has 1 amide bonds. The number of carbonyl (C=O) groups excluding carboxylic acids is 2. The number of nitrogens with zero attached hydrogens (tertiary/aromatic N) is 2. The fraction of sp³-hybridized carbons (Fsp3) is 0.105. The lowest BCUT2D eigenvalue weighted by atomic mass is 10.1. The van der Waals surface area contributed by atoms with E-state index in [0.717, 1.165) is 0 Å². The predicted octanol–water partition coefficient (Wildman–Crippen LogP) is 3.90. The second kappa shape index (κ2) is 8.01. The van der Waals surface area contributed by atoms with E-state index in [1.807, 2.05) is 0 Å². The molecule has 8 nitrogen and oxygen atoms in total. The Morgan fingerprint density at radius 2 is 1.96 bits per heavy atom. The average molecular weight is 400 g/mol. The minimum atomic E-state index is -0.678. The third-order valence-electron chi connectivity index (χ3n) is 3.93. The molecule has 0 atom stereocenters. The largest absolute Gasteiger partial charge is 0.452 e. The van der Waals surface area contributed by atoms with Crippen LogP contribution in [0.15, 0.2) is 48.5 Å². The first-order chi connectivity index (χ1) is 13.3. The van der Waals surface area contributed by atoms with E-state index in [2.05, 4.69) is 10.3 Å². The molecule has 3 aromatic rings. The number of aromatic nitrogens is 1. The van der Waals surface area contributed by atoms with Gasteiger partial charge in [0.05, 0.1) is 21.7 Å². The number of anilines is 1. The van der Waals surface area contributed by atoms with Crippen LogP contribution in [0.25, 0.3) is 10.9 Å². The Bertz CT molecular complexity index is 1100. The maximum Gasteiger partial charge on any atom is 0.338 e. The molecule has 142 valence electrons. The normalized spacial score (nSPS) is 10.5. The molecule has 0 bridgehead atoms. The molecule has 3 rings (SSSR count). The zero-order valence-corrected chi connectivity index (χ0v) is 15.4. The van der Waals surface area contributed by atoms with Gasteiger partial charge in [-0.2, -0.15) is 0 Å². The molecule has 1 N–H and O–H groups in total. The van der Waals surface area contributed by atoms with Crippen LogP contribution in [0.4, 0.5) is 11.4 Å². The Balaban J connectivity index is 1.64. The number of hydrogen-bond acceptors (Lipinski definition) is 6. The fourth-order valence-electron chi connectivity index (χ4n) is 2.49. The van der Waals surface area contributed by atoms with Crippen LogP contribution in [-0.4, -0.2) is 28.4 Å². The van der Waals surface area contributed by atoms with Gasteiger partial charge in [0, 0.05) is 17.5 Å². The van der Waals surface area contributed by atoms with E-state index in [1.54, 1.807) is 31.2 Å². The van der Waals surface area contributed by atoms with Crippen LogP contribution in [0.3, 0.4) is 0 Å². The number of fused-ring (bicyclic) bond motifs is 1. The number of nitro groups is 1. The Hall–Kier alpha value is -3.52. The summed E-state index contributed by atoms with van der Waals surface area (Å²) in [5.41, 5.74) is 1.66. The van der Waals surface area contributed by atoms with Gasteiger partial charge in [-0.05, 0) is 42.8 Å². The molecule has 0 fully saturated rings. The SMILES string of the molecule is Cc1ccc([N+](=O)[O-])cc1NC(=O)COC(=O)c1ccc2nc(Cl)ccc2c1. The van der Waals surface area contributed by atoms with Crippen LogP contribution in [0, 0.1) is 17.0 Å². The van der Waals surface area contributed by atoms with Crippen LogP contribution >= 0.6 is 11.6 Å². The van der Waals surface area contributed by atoms with Gasteiger partial charge in [-0.3, -0.25) is 14.9 Å². The molecule has 0 aliphatic rings. The maximum atomic E-state index is 12.2. The molecule has 28 heavy (non-hydrogen) atoms. The van der Waals surface area contributed by atoms with Gasteiger partial charge in [-0.15, -0.1) is 0 Å². The van der Waals surface area contributed by atoms with Crippen molar-refractivity contribution in [3.05, 3.63) is 74.9 Å². The first kappa shape index (κ1) is 19.2. The summed E-state index contributed by atoms with van der Waals surface area (Å²) in [4.78, 5) is 38.6. The minimum absolute atomic E-state index is 0.150. The number of nitro benzene ring substituents is 1. The molecule has 0 unspecified atom stereocenters. The summed E-state index contributed by atoms with van der Waals surface area (Å²) in [7, 11) is 0. The first-order valence-corrected chi connectivity index (χ1v) is 8.49. The Kier molecular flexibility index (Phi) is 5.51. The van der Waals surface area contributed by atoms with Crippen molar-refractivity contribution in [3.63, 3.8) is 0 Å². The minimum Gasteiger partial charge on any atom is -0.452 e. The first-order valence-electron chi connectivity index (χ1n) is 8.12. The monoisotopic (exact) mass is 399 g/mol. The van der Waals surface area contributed by atoms with Crippen molar-refractivity contribution >= 4 is 45.8 Å². The summed E-state index contributed by atoms with van der Waals surface area (Å²) in [6.07, 6.45) is 0. The summed E-state index contributed by atoms with van der Waals surface area (Å²) in [6, 6.07) is 12.2. The number of ether oxygens (including phenoxy) is 1. The molecule has 0 radical (unpaired) electrons. The lowest BCUT2D eigenvalue weighted by Crippen LogP contribution is -2.21. The highest BCUT2D eigenvalue weighted by Crippen LogP contribution is 2.22. The van der Waals surface area contributed by atoms with Crippen LogP contribution in [-0.2, 0) is 9.53 Å². The number of nitrogens with one attached hydrogen (secondary N) is 1. The number of esters is 1. The van der Waals surface area contributed by atoms with Crippen LogP contribution in [0.2, 0.25) is 5.15 Å². The molecular weight excluding hydrogens is 386 g/mol. The standard InChI is InChI=1S/C19H14ClN3O5/c1-11-2-5-14(23(26)27)9-16(11)22-18(24)10-28-19(25)13-3-6-15-12(8-13)4-7-17(20)21-15/h2-9H,10H2,1H3,(H,22,24). The van der Waals surface area contributed by atoms with Gasteiger partial charge in [0.2, 0.25) is 0 Å². The number of rotatable bonds is 5. The van der Waals surface area contributed by atoms with E-state index >= 15 is 0 Å². The summed E-state index contributed by atoms with van der Waals surface area (Å²) in [6.45, 7) is 1.17. The summed E-state index contributed by atoms with van der Waals surface area (Å²) >= 11 is 5.83. The van der Waals surface area contributed by atoms with Crippen LogP contribution in [0.1, 0.15) is 15.9 Å². The number of amides is 1. The zero-order chi connectivity index (χ0) is 20.3. The molecule has 0 spiro atoms. The molecule has 0 saturated carbocycles. The van der Waals surface area contributed by atoms with Crippen molar-refractivity contribution in [3.8, 4) is 0 Å². The van der Waals surface area contributed by atoms with Crippen molar-refractivity contribution in [1.29, 1.82) is 0 Å². The highest BCUT2D eigenvalue weighted by molar-refractivity contribution is 6.29. The second-order valence-corrected chi connectivity index (χ2v) is 6.31. The van der Waals surface area contributed by atoms with Crippen molar-refractivity contribution in [1.82, 2.24) is 4.98 Å². The third-order valence-corrected chi connectivity index (χ3v) is 4.14. The van der Waals surface area contributed by atoms with E-state index < -0.39 is 23.4 Å². The molecule has 1 aromatic heterocycles. The van der Waals surface area contributed by atoms with E-state index in [-0.39, 0.29) is 16.9 Å². The maximum absolute atomic E-state index is 12.2. The van der Waals surface area contributed by atoms with Gasteiger partial charge in [-0.25, -0.2) is 9.78 Å². The molecule has 9 heteroatoms. The van der Waals surface area contributed by atoms with Crippen molar-refractivity contribution in [2.24, 2.45) is 0 Å². The number of pyridine rings is 1. The molecular formula is C19H14ClN3O5. The third kappa shape index (κ3) is 4.41. The van der Waals surface area contributed by atoms with Crippen molar-refractivity contribution < 1.29 is 19.2 Å². The number of aryl methyl sites for hydroxylation is 1. The molecule has 0 saturated heterocycles. The predicted molar refractivity (Wildman–Crippen MR) is 103 cm³/mol. The Morgan fingerprint density at radius 3 is 2.71 bits per heavy atom. The van der Waals surface area contributed by atoms with Gasteiger partial charge >= 0.3 is 5.97 Å². The average Bonchev–Trinajstić information content (AvgIpc) is 2.67. The van der Waals surface area contributed by atoms with Crippen molar-refractivity contribution in [2.45, 2.75) is 6.92 Å². The molecule has 0 aliphatic heterocycles. The van der Waals surface area contributed by atoms with Gasteiger partial charge in [-0.1, -0.05) is 17.7 Å². The van der Waals surface area contributed by atoms with Gasteiger partial charge in [0.1, 0.15) is 5.15 Å². The highest BCUT2D eigenvalue weighted by atomic mass is 35.5. The number of hydrogen-bond donors (Lipinski definition) is 1. The molecule has 2 aromatic carbocycles. The number of benzene rings is 2. The van der Waals surface area contributed by atoms with Crippen molar-refractivity contribution in [2.75, 3.05) is 11.9 Å². The van der Waals surface area contributed by atoms with Gasteiger partial charge < -0.3 is 10.1 Å². The van der Waals surface area contributed by atoms with Crippen LogP contribution < -0.4 is 5.32 Å². The molecule has 0 aliphatic carbocycles. The smallest absolute Gasteiger partial charge is 0.338 e. The summed E-state index contributed by atoms with van der Waals surface area (Å²) in [5.74, 6) is -1.28. The van der Waals surface area contributed by atoms with E-state index in [0.29, 0.717) is 21.6 Å². The number of carbonyl (C=O) groups is 2. The van der Waals surface area contributed by atoms with E-state index in [4.69, 9.17) is 16.3 Å². The highest BCUT2D eigenvalue weighted by Gasteiger charge is 2.14. The lowest BCUT2D eigenvalue weighted by molar-refractivity contribution is -0.384.